The fourth-order valence-electron chi connectivity index (χ4n) is 3.29. The van der Waals surface area contributed by atoms with Crippen molar-refractivity contribution in [1.29, 1.82) is 0 Å². The van der Waals surface area contributed by atoms with E-state index in [9.17, 15) is 9.90 Å². The third kappa shape index (κ3) is 6.25. The van der Waals surface area contributed by atoms with Gasteiger partial charge in [-0.3, -0.25) is 0 Å². The average molecular weight is 437 g/mol. The smallest absolute Gasteiger partial charge is 0.333 e. The molecule has 3 aromatic rings. The lowest BCUT2D eigenvalue weighted by atomic mass is 10.1. The summed E-state index contributed by atoms with van der Waals surface area (Å²) in [6.45, 7) is 2.30. The number of aliphatic carboxylic acids is 1. The molecule has 0 fully saturated rings. The maximum absolute atomic E-state index is 11.2. The zero-order chi connectivity index (χ0) is 22.9. The summed E-state index contributed by atoms with van der Waals surface area (Å²) < 4.78 is 22.2. The Labute approximate surface area is 188 Å². The van der Waals surface area contributed by atoms with E-state index in [0.29, 0.717) is 18.1 Å². The number of carboxylic acids is 1. The van der Waals surface area contributed by atoms with Crippen LogP contribution >= 0.6 is 0 Å². The molecule has 3 aromatic carbocycles. The number of carboxylic acid groups (broad SMARTS) is 1. The van der Waals surface area contributed by atoms with E-state index in [1.807, 2.05) is 49.4 Å². The molecule has 3 rings (SSSR count). The van der Waals surface area contributed by atoms with E-state index in [1.54, 1.807) is 18.2 Å². The number of hydrogen-bond donors (Lipinski definition) is 1. The molecule has 0 aliphatic heterocycles. The van der Waals surface area contributed by atoms with Gasteiger partial charge in [-0.2, -0.15) is 0 Å². The molecule has 0 heterocycles. The van der Waals surface area contributed by atoms with E-state index in [2.05, 4.69) is 12.1 Å². The van der Waals surface area contributed by atoms with E-state index in [-0.39, 0.29) is 12.5 Å². The fraction of sp³-hybridized carbons (Fsp3) is 0.269. The van der Waals surface area contributed by atoms with Crippen molar-refractivity contribution in [2.75, 3.05) is 20.8 Å². The van der Waals surface area contributed by atoms with Gasteiger partial charge in [0.25, 0.3) is 0 Å². The molecule has 6 nitrogen and oxygen atoms in total. The summed E-state index contributed by atoms with van der Waals surface area (Å²) in [6.07, 6.45) is -0.936. The molecule has 0 saturated heterocycles. The molecule has 0 radical (unpaired) electrons. The van der Waals surface area contributed by atoms with Gasteiger partial charge < -0.3 is 24.1 Å². The third-order valence-corrected chi connectivity index (χ3v) is 5.01. The SMILES string of the molecule is COc1cc(OC(C)COc2ccc(-c3ccccc3)cc2)ccc1CC(OC)C(=O)O. The van der Waals surface area contributed by atoms with E-state index in [1.165, 1.54) is 14.2 Å². The Kier molecular flexibility index (Phi) is 8.11. The summed E-state index contributed by atoms with van der Waals surface area (Å²) in [5, 5.41) is 9.19. The fourth-order valence-corrected chi connectivity index (χ4v) is 3.29. The van der Waals surface area contributed by atoms with Crippen LogP contribution in [0, 0.1) is 0 Å². The summed E-state index contributed by atoms with van der Waals surface area (Å²) in [6, 6.07) is 23.5. The van der Waals surface area contributed by atoms with Crippen LogP contribution in [0.4, 0.5) is 0 Å². The van der Waals surface area contributed by atoms with Crippen LogP contribution in [0.15, 0.2) is 72.8 Å². The Bertz CT molecular complexity index is 1000. The molecule has 0 bridgehead atoms. The number of ether oxygens (including phenoxy) is 4. The van der Waals surface area contributed by atoms with Gasteiger partial charge in [0.15, 0.2) is 6.10 Å². The Morgan fingerprint density at radius 2 is 1.56 bits per heavy atom. The second kappa shape index (κ2) is 11.2. The van der Waals surface area contributed by atoms with Crippen LogP contribution in [0.3, 0.4) is 0 Å². The van der Waals surface area contributed by atoms with E-state index < -0.39 is 12.1 Å². The van der Waals surface area contributed by atoms with Crippen LogP contribution in [0.25, 0.3) is 11.1 Å². The second-order valence-corrected chi connectivity index (χ2v) is 7.37. The minimum absolute atomic E-state index is 0.201. The van der Waals surface area contributed by atoms with Crippen molar-refractivity contribution in [2.24, 2.45) is 0 Å². The zero-order valence-corrected chi connectivity index (χ0v) is 18.5. The molecule has 32 heavy (non-hydrogen) atoms. The second-order valence-electron chi connectivity index (χ2n) is 7.37. The van der Waals surface area contributed by atoms with Gasteiger partial charge in [-0.05, 0) is 41.8 Å². The van der Waals surface area contributed by atoms with E-state index >= 15 is 0 Å². The highest BCUT2D eigenvalue weighted by Gasteiger charge is 2.19. The van der Waals surface area contributed by atoms with Crippen LogP contribution < -0.4 is 14.2 Å². The highest BCUT2D eigenvalue weighted by molar-refractivity contribution is 5.73. The standard InChI is InChI=1S/C26H28O6/c1-18(17-31-22-12-9-20(10-13-22)19-7-5-4-6-8-19)32-23-14-11-21(24(16-23)29-2)15-25(30-3)26(27)28/h4-14,16,18,25H,15,17H2,1-3H3,(H,27,28). The summed E-state index contributed by atoms with van der Waals surface area (Å²) in [5.74, 6) is 0.922. The molecule has 0 saturated carbocycles. The van der Waals surface area contributed by atoms with Crippen LogP contribution in [0.1, 0.15) is 12.5 Å². The lowest BCUT2D eigenvalue weighted by molar-refractivity contribution is -0.148. The molecular formula is C26H28O6. The minimum atomic E-state index is -1.02. The first kappa shape index (κ1) is 23.2. The Morgan fingerprint density at radius 1 is 0.906 bits per heavy atom. The van der Waals surface area contributed by atoms with Gasteiger partial charge in [-0.1, -0.05) is 48.5 Å². The number of methoxy groups -OCH3 is 2. The van der Waals surface area contributed by atoms with Crippen molar-refractivity contribution in [3.05, 3.63) is 78.4 Å². The molecule has 0 aliphatic rings. The van der Waals surface area contributed by atoms with Crippen LogP contribution in [-0.2, 0) is 16.0 Å². The molecule has 168 valence electrons. The highest BCUT2D eigenvalue weighted by atomic mass is 16.5. The number of rotatable bonds is 11. The van der Waals surface area contributed by atoms with Crippen molar-refractivity contribution in [2.45, 2.75) is 25.6 Å². The van der Waals surface area contributed by atoms with Crippen molar-refractivity contribution < 1.29 is 28.8 Å². The third-order valence-electron chi connectivity index (χ3n) is 5.01. The molecule has 0 aromatic heterocycles. The van der Waals surface area contributed by atoms with Gasteiger partial charge in [0.2, 0.25) is 0 Å². The molecular weight excluding hydrogens is 408 g/mol. The summed E-state index contributed by atoms with van der Waals surface area (Å²) in [5.41, 5.74) is 3.03. The van der Waals surface area contributed by atoms with Gasteiger partial charge in [-0.15, -0.1) is 0 Å². The van der Waals surface area contributed by atoms with Crippen molar-refractivity contribution in [1.82, 2.24) is 0 Å². The lowest BCUT2D eigenvalue weighted by Gasteiger charge is -2.18. The maximum Gasteiger partial charge on any atom is 0.333 e. The Hall–Kier alpha value is -3.51. The molecule has 2 unspecified atom stereocenters. The topological polar surface area (TPSA) is 74.2 Å². The number of carbonyl (C=O) groups is 1. The van der Waals surface area contributed by atoms with E-state index in [0.717, 1.165) is 22.4 Å². The summed E-state index contributed by atoms with van der Waals surface area (Å²) in [7, 11) is 2.91. The van der Waals surface area contributed by atoms with Crippen LogP contribution in [0.2, 0.25) is 0 Å². The van der Waals surface area contributed by atoms with E-state index in [4.69, 9.17) is 18.9 Å². The quantitative estimate of drug-likeness (QED) is 0.463. The number of benzene rings is 3. The average Bonchev–Trinajstić information content (AvgIpc) is 2.82. The first-order chi connectivity index (χ1) is 15.5. The maximum atomic E-state index is 11.2. The molecule has 1 N–H and O–H groups in total. The molecule has 0 aliphatic carbocycles. The molecule has 0 amide bonds. The van der Waals surface area contributed by atoms with Crippen molar-refractivity contribution in [3.63, 3.8) is 0 Å². The Morgan fingerprint density at radius 3 is 2.19 bits per heavy atom. The predicted octanol–water partition coefficient (Wildman–Crippen LogP) is 4.85. The Balaban J connectivity index is 1.56. The predicted molar refractivity (Wildman–Crippen MR) is 123 cm³/mol. The zero-order valence-electron chi connectivity index (χ0n) is 18.5. The van der Waals surface area contributed by atoms with Gasteiger partial charge in [0.05, 0.1) is 7.11 Å². The van der Waals surface area contributed by atoms with Crippen molar-refractivity contribution in [3.8, 4) is 28.4 Å². The van der Waals surface area contributed by atoms with Gasteiger partial charge in [0.1, 0.15) is 30.0 Å². The van der Waals surface area contributed by atoms with Gasteiger partial charge in [0, 0.05) is 19.6 Å². The van der Waals surface area contributed by atoms with Crippen LogP contribution in [-0.4, -0.2) is 44.1 Å². The summed E-state index contributed by atoms with van der Waals surface area (Å²) >= 11 is 0. The van der Waals surface area contributed by atoms with Crippen LogP contribution in [0.5, 0.6) is 17.2 Å². The largest absolute Gasteiger partial charge is 0.496 e. The van der Waals surface area contributed by atoms with Crippen molar-refractivity contribution >= 4 is 5.97 Å². The lowest BCUT2D eigenvalue weighted by Crippen LogP contribution is -2.25. The summed E-state index contributed by atoms with van der Waals surface area (Å²) in [4.78, 5) is 11.2. The minimum Gasteiger partial charge on any atom is -0.496 e. The number of hydrogen-bond acceptors (Lipinski definition) is 5. The van der Waals surface area contributed by atoms with Gasteiger partial charge in [-0.25, -0.2) is 4.79 Å². The molecule has 6 heteroatoms. The first-order valence-electron chi connectivity index (χ1n) is 10.4. The van der Waals surface area contributed by atoms with Gasteiger partial charge >= 0.3 is 5.97 Å². The first-order valence-corrected chi connectivity index (χ1v) is 10.4. The highest BCUT2D eigenvalue weighted by Crippen LogP contribution is 2.27. The normalized spacial score (nSPS) is 12.6. The molecule has 0 spiro atoms. The molecule has 2 atom stereocenters. The monoisotopic (exact) mass is 436 g/mol.